The van der Waals surface area contributed by atoms with E-state index in [4.69, 9.17) is 0 Å². The van der Waals surface area contributed by atoms with Gasteiger partial charge in [0.15, 0.2) is 0 Å². The van der Waals surface area contributed by atoms with Gasteiger partial charge in [0.2, 0.25) is 0 Å². The Morgan fingerprint density at radius 3 is 2.47 bits per heavy atom. The first-order valence-electron chi connectivity index (χ1n) is 5.24. The Labute approximate surface area is 109 Å². The average Bonchev–Trinajstić information content (AvgIpc) is 2.39. The Hall–Kier alpha value is -2.41. The van der Waals surface area contributed by atoms with E-state index in [1.807, 2.05) is 0 Å². The lowest BCUT2D eigenvalue weighted by molar-refractivity contribution is -0.255. The number of aromatic carboxylic acids is 1. The molecular formula is C12H9N2O4S-. The molecule has 0 amide bonds. The summed E-state index contributed by atoms with van der Waals surface area (Å²) in [6.07, 6.45) is 1.19. The highest BCUT2D eigenvalue weighted by molar-refractivity contribution is 7.92. The van der Waals surface area contributed by atoms with Gasteiger partial charge < -0.3 is 9.90 Å². The Bertz CT molecular complexity index is 699. The maximum atomic E-state index is 12.0. The second-order valence-corrected chi connectivity index (χ2v) is 5.32. The molecule has 0 radical (unpaired) electrons. The topological polar surface area (TPSA) is 99.2 Å². The molecule has 1 aromatic heterocycles. The summed E-state index contributed by atoms with van der Waals surface area (Å²) >= 11 is 0. The van der Waals surface area contributed by atoms with Gasteiger partial charge >= 0.3 is 0 Å². The van der Waals surface area contributed by atoms with Gasteiger partial charge in [0.05, 0.1) is 22.2 Å². The van der Waals surface area contributed by atoms with E-state index in [0.29, 0.717) is 0 Å². The molecule has 0 saturated carbocycles. The molecule has 19 heavy (non-hydrogen) atoms. The monoisotopic (exact) mass is 277 g/mol. The van der Waals surface area contributed by atoms with Crippen molar-refractivity contribution in [3.63, 3.8) is 0 Å². The zero-order valence-electron chi connectivity index (χ0n) is 9.61. The van der Waals surface area contributed by atoms with Crippen LogP contribution in [0.25, 0.3) is 0 Å². The van der Waals surface area contributed by atoms with Crippen molar-refractivity contribution >= 4 is 21.7 Å². The zero-order valence-corrected chi connectivity index (χ0v) is 10.4. The predicted molar refractivity (Wildman–Crippen MR) is 65.8 cm³/mol. The van der Waals surface area contributed by atoms with E-state index in [0.717, 1.165) is 6.07 Å². The van der Waals surface area contributed by atoms with Gasteiger partial charge in [0.25, 0.3) is 10.0 Å². The molecule has 0 aliphatic heterocycles. The van der Waals surface area contributed by atoms with E-state index in [-0.39, 0.29) is 16.3 Å². The van der Waals surface area contributed by atoms with Crippen molar-refractivity contribution in [1.29, 1.82) is 0 Å². The number of carboxylic acid groups (broad SMARTS) is 1. The molecule has 2 aromatic rings. The van der Waals surface area contributed by atoms with E-state index in [1.54, 1.807) is 18.2 Å². The summed E-state index contributed by atoms with van der Waals surface area (Å²) in [5, 5.41) is 10.6. The van der Waals surface area contributed by atoms with Gasteiger partial charge in [-0.15, -0.1) is 0 Å². The Balaban J connectivity index is 2.31. The first kappa shape index (κ1) is 13.0. The maximum absolute atomic E-state index is 12.0. The summed E-state index contributed by atoms with van der Waals surface area (Å²) in [5.41, 5.74) is -0.230. The number of carboxylic acids is 1. The highest BCUT2D eigenvalue weighted by Crippen LogP contribution is 2.15. The number of hydrogen-bond acceptors (Lipinski definition) is 5. The molecular weight excluding hydrogens is 268 g/mol. The highest BCUT2D eigenvalue weighted by Gasteiger charge is 2.13. The molecule has 0 aliphatic rings. The quantitative estimate of drug-likeness (QED) is 0.863. The Morgan fingerprint density at radius 2 is 1.84 bits per heavy atom. The van der Waals surface area contributed by atoms with E-state index in [1.165, 1.54) is 24.4 Å². The van der Waals surface area contributed by atoms with Gasteiger partial charge in [-0.2, -0.15) is 0 Å². The van der Waals surface area contributed by atoms with Crippen LogP contribution in [0.1, 0.15) is 10.5 Å². The molecule has 0 atom stereocenters. The van der Waals surface area contributed by atoms with Crippen molar-refractivity contribution in [2.24, 2.45) is 0 Å². The van der Waals surface area contributed by atoms with Crippen LogP contribution in [0, 0.1) is 0 Å². The first-order valence-corrected chi connectivity index (χ1v) is 6.72. The minimum Gasteiger partial charge on any atom is -0.543 e. The van der Waals surface area contributed by atoms with E-state index < -0.39 is 16.0 Å². The fourth-order valence-electron chi connectivity index (χ4n) is 1.42. The number of nitrogens with one attached hydrogen (secondary N) is 1. The number of aromatic nitrogens is 1. The SMILES string of the molecule is O=C([O-])c1cc(NS(=O)(=O)c2ccccc2)ccn1. The lowest BCUT2D eigenvalue weighted by atomic mass is 10.3. The van der Waals surface area contributed by atoms with Crippen LogP contribution in [0.3, 0.4) is 0 Å². The number of pyridine rings is 1. The van der Waals surface area contributed by atoms with Gasteiger partial charge in [-0.1, -0.05) is 18.2 Å². The van der Waals surface area contributed by atoms with Crippen LogP contribution < -0.4 is 9.83 Å². The summed E-state index contributed by atoms with van der Waals surface area (Å²) in [7, 11) is -3.75. The lowest BCUT2D eigenvalue weighted by Crippen LogP contribution is -2.23. The van der Waals surface area contributed by atoms with Gasteiger partial charge in [-0.05, 0) is 24.3 Å². The number of anilines is 1. The number of carbonyl (C=O) groups is 1. The van der Waals surface area contributed by atoms with Crippen molar-refractivity contribution in [2.45, 2.75) is 4.90 Å². The molecule has 1 N–H and O–H groups in total. The van der Waals surface area contributed by atoms with E-state index >= 15 is 0 Å². The molecule has 0 fully saturated rings. The summed E-state index contributed by atoms with van der Waals surface area (Å²) in [5.74, 6) is -1.47. The number of hydrogen-bond donors (Lipinski definition) is 1. The first-order chi connectivity index (χ1) is 8.99. The Kier molecular flexibility index (Phi) is 3.48. The Morgan fingerprint density at radius 1 is 1.16 bits per heavy atom. The molecule has 1 heterocycles. The molecule has 1 aromatic carbocycles. The third kappa shape index (κ3) is 3.08. The molecule has 2 rings (SSSR count). The number of rotatable bonds is 4. The minimum atomic E-state index is -3.75. The maximum Gasteiger partial charge on any atom is 0.261 e. The molecule has 98 valence electrons. The standard InChI is InChI=1S/C12H10N2O4S/c15-12(16)11-8-9(6-7-13-11)14-19(17,18)10-4-2-1-3-5-10/h1-8H,(H,13,14)(H,15,16)/p-1. The predicted octanol–water partition coefficient (Wildman–Crippen LogP) is 0.246. The number of benzene rings is 1. The van der Waals surface area contributed by atoms with E-state index in [9.17, 15) is 18.3 Å². The van der Waals surface area contributed by atoms with Gasteiger partial charge in [0, 0.05) is 6.20 Å². The normalized spacial score (nSPS) is 10.9. The fraction of sp³-hybridized carbons (Fsp3) is 0. The summed E-state index contributed by atoms with van der Waals surface area (Å²) in [6, 6.07) is 10.2. The van der Waals surface area contributed by atoms with Crippen molar-refractivity contribution in [3.05, 3.63) is 54.4 Å². The average molecular weight is 277 g/mol. The molecule has 0 saturated heterocycles. The number of nitrogens with zero attached hydrogens (tertiary/aromatic N) is 1. The zero-order chi connectivity index (χ0) is 13.9. The second kappa shape index (κ2) is 5.07. The van der Waals surface area contributed by atoms with Crippen molar-refractivity contribution < 1.29 is 18.3 Å². The van der Waals surface area contributed by atoms with Crippen LogP contribution in [-0.2, 0) is 10.0 Å². The highest BCUT2D eigenvalue weighted by atomic mass is 32.2. The number of sulfonamides is 1. The molecule has 0 unspecified atom stereocenters. The summed E-state index contributed by atoms with van der Waals surface area (Å²) in [6.45, 7) is 0. The summed E-state index contributed by atoms with van der Waals surface area (Å²) in [4.78, 5) is 14.3. The van der Waals surface area contributed by atoms with Crippen molar-refractivity contribution in [2.75, 3.05) is 4.72 Å². The smallest absolute Gasteiger partial charge is 0.261 e. The van der Waals surface area contributed by atoms with Crippen LogP contribution in [-0.4, -0.2) is 19.4 Å². The van der Waals surface area contributed by atoms with E-state index in [2.05, 4.69) is 9.71 Å². The minimum absolute atomic E-state index is 0.0850. The second-order valence-electron chi connectivity index (χ2n) is 3.64. The lowest BCUT2D eigenvalue weighted by Gasteiger charge is -2.09. The molecule has 0 bridgehead atoms. The van der Waals surface area contributed by atoms with Crippen LogP contribution in [0.2, 0.25) is 0 Å². The molecule has 7 heteroatoms. The third-order valence-electron chi connectivity index (χ3n) is 2.27. The third-order valence-corrected chi connectivity index (χ3v) is 3.67. The van der Waals surface area contributed by atoms with Gasteiger partial charge in [-0.25, -0.2) is 8.42 Å². The fourth-order valence-corrected chi connectivity index (χ4v) is 2.49. The van der Waals surface area contributed by atoms with Gasteiger partial charge in [0.1, 0.15) is 0 Å². The van der Waals surface area contributed by atoms with Gasteiger partial charge in [-0.3, -0.25) is 9.71 Å². The van der Waals surface area contributed by atoms with Crippen molar-refractivity contribution in [1.82, 2.24) is 4.98 Å². The largest absolute Gasteiger partial charge is 0.543 e. The number of carbonyl (C=O) groups excluding carboxylic acids is 1. The van der Waals surface area contributed by atoms with Crippen LogP contribution in [0.15, 0.2) is 53.6 Å². The molecule has 6 nitrogen and oxygen atoms in total. The molecule has 0 aliphatic carbocycles. The van der Waals surface area contributed by atoms with Crippen LogP contribution >= 0.6 is 0 Å². The van der Waals surface area contributed by atoms with Crippen LogP contribution in [0.5, 0.6) is 0 Å². The summed E-state index contributed by atoms with van der Waals surface area (Å²) < 4.78 is 26.2. The van der Waals surface area contributed by atoms with Crippen LogP contribution in [0.4, 0.5) is 5.69 Å². The van der Waals surface area contributed by atoms with Crippen molar-refractivity contribution in [3.8, 4) is 0 Å². The molecule has 0 spiro atoms.